The summed E-state index contributed by atoms with van der Waals surface area (Å²) in [5.74, 6) is -5.00. The fourth-order valence-electron chi connectivity index (χ4n) is 3.82. The van der Waals surface area contributed by atoms with E-state index in [1.807, 2.05) is 6.92 Å². The van der Waals surface area contributed by atoms with E-state index in [1.165, 1.54) is 12.3 Å². The van der Waals surface area contributed by atoms with Gasteiger partial charge in [-0.3, -0.25) is 24.8 Å². The van der Waals surface area contributed by atoms with Gasteiger partial charge in [0.15, 0.2) is 11.6 Å². The third kappa shape index (κ3) is 6.99. The van der Waals surface area contributed by atoms with Gasteiger partial charge in [0.05, 0.1) is 30.7 Å². The normalized spacial score (nSPS) is 14.9. The fourth-order valence-corrected chi connectivity index (χ4v) is 3.82. The summed E-state index contributed by atoms with van der Waals surface area (Å²) in [6.45, 7) is 4.94. The maximum absolute atomic E-state index is 14.6. The molecule has 1 aromatic carbocycles. The molecule has 2 aromatic rings. The SMILES string of the molecule is C=C=C1C[C@@H](C(=O)Nc2cccc(OC(F)(F)F)c2F)N(C(=O)CNc2cnc(CC)cc2C(=N)C(N)=O)C1. The monoisotopic (exact) mass is 548 g/mol. The molecule has 2 heterocycles. The number of carbonyl (C=O) groups is 3. The van der Waals surface area contributed by atoms with Crippen molar-refractivity contribution in [3.05, 3.63) is 65.4 Å². The molecule has 1 aromatic heterocycles. The van der Waals surface area contributed by atoms with Crippen LogP contribution in [0.3, 0.4) is 0 Å². The number of halogens is 4. The summed E-state index contributed by atoms with van der Waals surface area (Å²) in [4.78, 5) is 43.0. The number of nitrogens with two attached hydrogens (primary N) is 1. The lowest BCUT2D eigenvalue weighted by Gasteiger charge is -2.24. The van der Waals surface area contributed by atoms with E-state index in [9.17, 15) is 31.9 Å². The van der Waals surface area contributed by atoms with E-state index >= 15 is 0 Å². The van der Waals surface area contributed by atoms with Gasteiger partial charge in [-0.15, -0.1) is 18.9 Å². The van der Waals surface area contributed by atoms with Gasteiger partial charge in [0, 0.05) is 17.7 Å². The molecule has 1 fully saturated rings. The molecule has 1 aliphatic rings. The Morgan fingerprint density at radius 3 is 2.64 bits per heavy atom. The number of nitrogens with zero attached hydrogens (tertiary/aromatic N) is 2. The van der Waals surface area contributed by atoms with Crippen molar-refractivity contribution in [1.82, 2.24) is 9.88 Å². The molecule has 1 aliphatic heterocycles. The van der Waals surface area contributed by atoms with E-state index in [0.29, 0.717) is 17.7 Å². The maximum Gasteiger partial charge on any atom is 0.573 e. The lowest BCUT2D eigenvalue weighted by molar-refractivity contribution is -0.275. The molecule has 10 nitrogen and oxygen atoms in total. The molecule has 14 heteroatoms. The average Bonchev–Trinajstić information content (AvgIpc) is 3.33. The average molecular weight is 548 g/mol. The summed E-state index contributed by atoms with van der Waals surface area (Å²) in [6.07, 6.45) is -3.27. The molecule has 0 spiro atoms. The molecule has 39 heavy (non-hydrogen) atoms. The van der Waals surface area contributed by atoms with Crippen LogP contribution in [-0.2, 0) is 20.8 Å². The van der Waals surface area contributed by atoms with E-state index < -0.39 is 53.1 Å². The van der Waals surface area contributed by atoms with Gasteiger partial charge in [0.25, 0.3) is 5.91 Å². The number of amides is 3. The van der Waals surface area contributed by atoms with Crippen LogP contribution in [0, 0.1) is 11.2 Å². The third-order valence-corrected chi connectivity index (χ3v) is 5.77. The van der Waals surface area contributed by atoms with Crippen LogP contribution in [0.4, 0.5) is 28.9 Å². The van der Waals surface area contributed by atoms with Crippen molar-refractivity contribution in [2.75, 3.05) is 23.7 Å². The van der Waals surface area contributed by atoms with Crippen LogP contribution in [0.5, 0.6) is 5.75 Å². The first-order valence-corrected chi connectivity index (χ1v) is 11.5. The van der Waals surface area contributed by atoms with Crippen LogP contribution in [0.25, 0.3) is 0 Å². The maximum atomic E-state index is 14.6. The number of likely N-dealkylation sites (tertiary alicyclic amines) is 1. The number of benzene rings is 1. The van der Waals surface area contributed by atoms with Crippen molar-refractivity contribution < 1.29 is 36.7 Å². The predicted octanol–water partition coefficient (Wildman–Crippen LogP) is 2.90. The number of alkyl halides is 3. The second-order valence-corrected chi connectivity index (χ2v) is 8.34. The highest BCUT2D eigenvalue weighted by molar-refractivity contribution is 6.44. The van der Waals surface area contributed by atoms with Crippen molar-refractivity contribution in [2.45, 2.75) is 32.2 Å². The number of hydrogen-bond donors (Lipinski definition) is 4. The topological polar surface area (TPSA) is 150 Å². The van der Waals surface area contributed by atoms with Gasteiger partial charge in [-0.1, -0.05) is 19.6 Å². The highest BCUT2D eigenvalue weighted by atomic mass is 19.4. The van der Waals surface area contributed by atoms with Gasteiger partial charge >= 0.3 is 6.36 Å². The van der Waals surface area contributed by atoms with Crippen molar-refractivity contribution in [3.63, 3.8) is 0 Å². The Morgan fingerprint density at radius 1 is 1.31 bits per heavy atom. The summed E-state index contributed by atoms with van der Waals surface area (Å²) in [6, 6.07) is 3.21. The zero-order chi connectivity index (χ0) is 28.9. The van der Waals surface area contributed by atoms with Crippen molar-refractivity contribution >= 4 is 34.8 Å². The molecular weight excluding hydrogens is 524 g/mol. The minimum Gasteiger partial charge on any atom is -0.403 e. The van der Waals surface area contributed by atoms with Gasteiger partial charge in [0.1, 0.15) is 11.8 Å². The molecule has 1 atom stereocenters. The fraction of sp³-hybridized carbons (Fsp3) is 0.280. The first-order chi connectivity index (χ1) is 18.3. The van der Waals surface area contributed by atoms with E-state index in [-0.39, 0.29) is 30.8 Å². The molecule has 0 saturated carbocycles. The Bertz CT molecular complexity index is 1370. The molecule has 3 amide bonds. The van der Waals surface area contributed by atoms with Crippen LogP contribution in [-0.4, -0.2) is 58.8 Å². The zero-order valence-electron chi connectivity index (χ0n) is 20.6. The third-order valence-electron chi connectivity index (χ3n) is 5.77. The quantitative estimate of drug-likeness (QED) is 0.215. The minimum atomic E-state index is -5.14. The highest BCUT2D eigenvalue weighted by Gasteiger charge is 2.37. The van der Waals surface area contributed by atoms with Gasteiger partial charge < -0.3 is 26.0 Å². The van der Waals surface area contributed by atoms with Crippen LogP contribution in [0.1, 0.15) is 24.6 Å². The Labute approximate surface area is 220 Å². The van der Waals surface area contributed by atoms with Gasteiger partial charge in [-0.05, 0) is 30.2 Å². The Hall–Kier alpha value is -4.71. The number of nitrogens with one attached hydrogen (secondary N) is 3. The molecular formula is C25H24F4N6O4. The summed E-state index contributed by atoms with van der Waals surface area (Å²) < 4.78 is 55.8. The highest BCUT2D eigenvalue weighted by Crippen LogP contribution is 2.31. The second-order valence-electron chi connectivity index (χ2n) is 8.34. The molecule has 0 aliphatic carbocycles. The van der Waals surface area contributed by atoms with Crippen LogP contribution < -0.4 is 21.1 Å². The van der Waals surface area contributed by atoms with Gasteiger partial charge in [-0.25, -0.2) is 4.39 Å². The molecule has 206 valence electrons. The number of ether oxygens (including phenoxy) is 1. The van der Waals surface area contributed by atoms with Gasteiger partial charge in [0.2, 0.25) is 11.8 Å². The number of pyridine rings is 1. The molecule has 3 rings (SSSR count). The summed E-state index contributed by atoms with van der Waals surface area (Å²) in [5.41, 5.74) is 8.23. The van der Waals surface area contributed by atoms with Gasteiger partial charge in [-0.2, -0.15) is 0 Å². The standard InChI is InChI=1S/C25H24F4N6O4/c1-3-13-8-18(24(38)34-16-6-5-7-19(21(16)26)39-25(27,28)29)35(12-13)20(36)11-33-17-10-32-14(4-2)9-15(17)22(30)23(31)37/h5-7,9-10,18,30,33H,1,4,8,11-12H2,2H3,(H2,31,37)(H,34,38)/t18-/m0/s1. The smallest absolute Gasteiger partial charge is 0.403 e. The number of hydrogen-bond acceptors (Lipinski definition) is 7. The summed E-state index contributed by atoms with van der Waals surface area (Å²) >= 11 is 0. The van der Waals surface area contributed by atoms with E-state index in [0.717, 1.165) is 23.1 Å². The molecule has 0 radical (unpaired) electrons. The van der Waals surface area contributed by atoms with E-state index in [1.54, 1.807) is 0 Å². The lowest BCUT2D eigenvalue weighted by atomic mass is 10.1. The first-order valence-electron chi connectivity index (χ1n) is 11.5. The Morgan fingerprint density at radius 2 is 2.03 bits per heavy atom. The Balaban J connectivity index is 1.78. The molecule has 0 unspecified atom stereocenters. The van der Waals surface area contributed by atoms with Crippen molar-refractivity contribution in [1.29, 1.82) is 5.41 Å². The Kier molecular flexibility index (Phi) is 8.71. The zero-order valence-corrected chi connectivity index (χ0v) is 20.6. The van der Waals surface area contributed by atoms with Crippen molar-refractivity contribution in [2.24, 2.45) is 5.73 Å². The number of rotatable bonds is 9. The number of primary amides is 1. The number of aryl methyl sites for hydroxylation is 1. The lowest BCUT2D eigenvalue weighted by Crippen LogP contribution is -2.45. The van der Waals surface area contributed by atoms with Crippen LogP contribution in [0.2, 0.25) is 0 Å². The number of aromatic nitrogens is 1. The van der Waals surface area contributed by atoms with E-state index in [2.05, 4.69) is 32.7 Å². The minimum absolute atomic E-state index is 0.00571. The number of anilines is 2. The van der Waals surface area contributed by atoms with E-state index in [4.69, 9.17) is 11.1 Å². The van der Waals surface area contributed by atoms with Crippen molar-refractivity contribution in [3.8, 4) is 5.75 Å². The van der Waals surface area contributed by atoms with Crippen LogP contribution >= 0.6 is 0 Å². The predicted molar refractivity (Wildman–Crippen MR) is 133 cm³/mol. The molecule has 5 N–H and O–H groups in total. The summed E-state index contributed by atoms with van der Waals surface area (Å²) in [7, 11) is 0. The summed E-state index contributed by atoms with van der Waals surface area (Å²) in [5, 5.41) is 13.0. The number of carbonyl (C=O) groups excluding carboxylic acids is 3. The van der Waals surface area contributed by atoms with Crippen LogP contribution in [0.15, 0.2) is 48.3 Å². The first kappa shape index (κ1) is 28.9. The second kappa shape index (κ2) is 11.8. The molecule has 0 bridgehead atoms. The molecule has 1 saturated heterocycles. The largest absolute Gasteiger partial charge is 0.573 e.